The number of pyridine rings is 3. The second-order valence-corrected chi connectivity index (χ2v) is 30.4. The van der Waals surface area contributed by atoms with E-state index in [2.05, 4.69) is 253 Å². The molecule has 9 heterocycles. The first kappa shape index (κ1) is 76.5. The summed E-state index contributed by atoms with van der Waals surface area (Å²) >= 11 is 0. The first-order valence-electron chi connectivity index (χ1n) is 39.7. The van der Waals surface area contributed by atoms with E-state index in [0.29, 0.717) is 37.0 Å². The van der Waals surface area contributed by atoms with Crippen LogP contribution in [0, 0.1) is 0 Å². The van der Waals surface area contributed by atoms with Crippen LogP contribution in [0.5, 0.6) is 11.5 Å². The number of aromatic nitrogens is 15. The van der Waals surface area contributed by atoms with Gasteiger partial charge in [-0.1, -0.05) is 193 Å². The number of nitrogens with zero attached hydrogens (tertiary/aromatic N) is 11. The van der Waals surface area contributed by atoms with Crippen LogP contribution in [0.15, 0.2) is 268 Å². The lowest BCUT2D eigenvalue weighted by molar-refractivity contribution is 0.283. The van der Waals surface area contributed by atoms with Crippen molar-refractivity contribution in [2.24, 2.45) is 5.73 Å². The number of ether oxygens (including phenoxy) is 2. The van der Waals surface area contributed by atoms with Crippen molar-refractivity contribution >= 4 is 98.1 Å². The summed E-state index contributed by atoms with van der Waals surface area (Å²) in [6.07, 6.45) is 11.5. The number of nitrogens with one attached hydrogen (secondary N) is 6. The van der Waals surface area contributed by atoms with E-state index in [4.69, 9.17) is 40.4 Å². The zero-order chi connectivity index (χ0) is 80.9. The molecule has 586 valence electrons. The summed E-state index contributed by atoms with van der Waals surface area (Å²) in [4.78, 5) is 38.9. The summed E-state index contributed by atoms with van der Waals surface area (Å²) in [6.45, 7) is 15.2. The number of para-hydroxylation sites is 3. The topological polar surface area (TPSA) is 278 Å². The molecular formula is C97H90N18O3. The number of hydrogen-bond acceptors (Lipinski definition) is 15. The van der Waals surface area contributed by atoms with Crippen molar-refractivity contribution in [3.8, 4) is 79.4 Å². The van der Waals surface area contributed by atoms with Gasteiger partial charge in [0.1, 0.15) is 28.6 Å². The Bertz CT molecular complexity index is 6970. The Morgan fingerprint density at radius 2 is 0.763 bits per heavy atom. The highest BCUT2D eigenvalue weighted by atomic mass is 16.5. The molecular weight excluding hydrogens is 1470 g/mol. The Morgan fingerprint density at radius 1 is 0.390 bits per heavy atom. The van der Waals surface area contributed by atoms with Gasteiger partial charge in [0.25, 0.3) is 0 Å². The Balaban J connectivity index is 0.000000125. The molecule has 11 aromatic carbocycles. The van der Waals surface area contributed by atoms with Gasteiger partial charge in [0.2, 0.25) is 0 Å². The zero-order valence-corrected chi connectivity index (χ0v) is 66.9. The molecule has 0 saturated carbocycles. The van der Waals surface area contributed by atoms with Gasteiger partial charge in [0.15, 0.2) is 17.5 Å². The van der Waals surface area contributed by atoms with E-state index in [1.54, 1.807) is 14.2 Å². The maximum atomic E-state index is 9.85. The summed E-state index contributed by atoms with van der Waals surface area (Å²) in [5.74, 6) is 3.84. The van der Waals surface area contributed by atoms with Crippen molar-refractivity contribution in [1.29, 1.82) is 0 Å². The molecule has 0 radical (unpaired) electrons. The second kappa shape index (κ2) is 33.8. The van der Waals surface area contributed by atoms with Crippen LogP contribution in [0.4, 0.5) is 0 Å². The van der Waals surface area contributed by atoms with Crippen molar-refractivity contribution in [3.05, 3.63) is 296 Å². The minimum Gasteiger partial charge on any atom is -0.497 e. The molecule has 0 spiro atoms. The fourth-order valence-corrected chi connectivity index (χ4v) is 15.1. The van der Waals surface area contributed by atoms with Crippen molar-refractivity contribution in [3.63, 3.8) is 0 Å². The monoisotopic (exact) mass is 1550 g/mol. The first-order valence-corrected chi connectivity index (χ1v) is 39.7. The average Bonchev–Trinajstić information content (AvgIpc) is 1.59. The summed E-state index contributed by atoms with van der Waals surface area (Å²) in [5, 5.41) is 44.7. The number of aromatic amines is 4. The van der Waals surface area contributed by atoms with Crippen LogP contribution in [0.1, 0.15) is 69.4 Å². The lowest BCUT2D eigenvalue weighted by Crippen LogP contribution is -2.21. The van der Waals surface area contributed by atoms with Crippen molar-refractivity contribution < 1.29 is 14.6 Å². The van der Waals surface area contributed by atoms with Crippen LogP contribution in [-0.2, 0) is 32.8 Å². The third-order valence-corrected chi connectivity index (χ3v) is 21.0. The standard InChI is InChI=1S/C35H32N6O.C32H25N5O2.C27H24N6.C3H9N/c1-22(2)37-19-26-8-6-10-31-33(26)39-35(38-31)34-29-17-24(30-20-36-18-25-7-4-5-9-28(25)30)13-16-32(29)41(40-34)21-23-11-14-27(42-3)15-12-23;1-39-24-12-9-20(10-13-24)18-37-29-14-11-21(27-17-33-16-22-5-2-3-7-25(22)27)15-26(29)31(36-37)32-34-28-8-4-6-23(19-38)30(28)35-32;1-16(2)29-14-19-7-5-9-24-25(19)31-27(30-24)26-21-12-17(10-11-23(21)32-33-26)22-15-28-13-18-6-3-4-8-20(18)22;1-3(2)4/h4-18,20,22,37H,19,21H2,1-3H3,(H,38,39);2-17,38H,18-19H2,1H3,(H,34,35);3-13,15-16,29H,14H2,1-2H3,(H,30,31)(H,32,33);3H,4H2,1-2H3. The highest BCUT2D eigenvalue weighted by Crippen LogP contribution is 2.40. The molecule has 118 heavy (non-hydrogen) atoms. The average molecular weight is 1560 g/mol. The predicted molar refractivity (Wildman–Crippen MR) is 476 cm³/mol. The number of methoxy groups -OCH3 is 2. The number of nitrogens with two attached hydrogens (primary N) is 1. The zero-order valence-electron chi connectivity index (χ0n) is 66.9. The van der Waals surface area contributed by atoms with Gasteiger partial charge in [0.05, 0.1) is 83.6 Å². The van der Waals surface area contributed by atoms with Gasteiger partial charge >= 0.3 is 0 Å². The molecule has 9 N–H and O–H groups in total. The van der Waals surface area contributed by atoms with E-state index in [-0.39, 0.29) is 6.61 Å². The van der Waals surface area contributed by atoms with E-state index in [1.807, 2.05) is 116 Å². The molecule has 21 heteroatoms. The Kier molecular flexibility index (Phi) is 21.9. The maximum Gasteiger partial charge on any atom is 0.159 e. The van der Waals surface area contributed by atoms with Gasteiger partial charge in [-0.3, -0.25) is 29.4 Å². The van der Waals surface area contributed by atoms with Gasteiger partial charge in [0, 0.05) is 117 Å². The fraction of sp³-hybridized carbons (Fsp3) is 0.165. The fourth-order valence-electron chi connectivity index (χ4n) is 15.1. The van der Waals surface area contributed by atoms with E-state index in [0.717, 1.165) is 196 Å². The molecule has 0 atom stereocenters. The van der Waals surface area contributed by atoms with Gasteiger partial charge in [-0.25, -0.2) is 15.0 Å². The van der Waals surface area contributed by atoms with Crippen LogP contribution >= 0.6 is 0 Å². The number of hydrogen-bond donors (Lipinski definition) is 8. The third-order valence-electron chi connectivity index (χ3n) is 21.0. The normalized spacial score (nSPS) is 11.6. The van der Waals surface area contributed by atoms with Crippen LogP contribution < -0.4 is 25.8 Å². The smallest absolute Gasteiger partial charge is 0.159 e. The van der Waals surface area contributed by atoms with Gasteiger partial charge < -0.3 is 45.9 Å². The number of imidazole rings is 3. The maximum absolute atomic E-state index is 9.85. The van der Waals surface area contributed by atoms with Crippen LogP contribution in [0.3, 0.4) is 0 Å². The number of rotatable bonds is 19. The molecule has 0 aliphatic heterocycles. The van der Waals surface area contributed by atoms with Gasteiger partial charge in [-0.2, -0.15) is 15.3 Å². The van der Waals surface area contributed by atoms with E-state index in [9.17, 15) is 5.11 Å². The highest BCUT2D eigenvalue weighted by molar-refractivity contribution is 6.05. The minimum absolute atomic E-state index is 0.0769. The minimum atomic E-state index is -0.0769. The summed E-state index contributed by atoms with van der Waals surface area (Å²) in [7, 11) is 3.35. The number of fused-ring (bicyclic) bond motifs is 9. The molecule has 0 fully saturated rings. The molecule has 20 rings (SSSR count). The van der Waals surface area contributed by atoms with Crippen LogP contribution in [0.25, 0.3) is 166 Å². The molecule has 21 nitrogen and oxygen atoms in total. The molecule has 0 aliphatic carbocycles. The molecule has 0 aliphatic rings. The summed E-state index contributed by atoms with van der Waals surface area (Å²) in [5.41, 5.74) is 28.0. The van der Waals surface area contributed by atoms with Gasteiger partial charge in [-0.05, 0) is 140 Å². The lowest BCUT2D eigenvalue weighted by atomic mass is 9.99. The Labute approximate surface area is 681 Å². The van der Waals surface area contributed by atoms with Crippen LogP contribution in [-0.4, -0.2) is 112 Å². The largest absolute Gasteiger partial charge is 0.497 e. The molecule has 0 saturated heterocycles. The van der Waals surface area contributed by atoms with E-state index in [1.165, 1.54) is 16.3 Å². The predicted octanol–water partition coefficient (Wildman–Crippen LogP) is 19.9. The third kappa shape index (κ3) is 16.0. The molecule has 0 amide bonds. The highest BCUT2D eigenvalue weighted by Gasteiger charge is 2.23. The molecule has 20 aromatic rings. The number of H-pyrrole nitrogens is 4. The number of aliphatic hydroxyl groups is 1. The van der Waals surface area contributed by atoms with Gasteiger partial charge in [-0.15, -0.1) is 0 Å². The summed E-state index contributed by atoms with van der Waals surface area (Å²) < 4.78 is 14.8. The van der Waals surface area contributed by atoms with Crippen molar-refractivity contribution in [2.45, 2.75) is 92.5 Å². The number of benzene rings is 11. The van der Waals surface area contributed by atoms with E-state index < -0.39 is 0 Å². The second-order valence-electron chi connectivity index (χ2n) is 30.4. The quantitative estimate of drug-likeness (QED) is 0.0374. The van der Waals surface area contributed by atoms with Crippen molar-refractivity contribution in [1.82, 2.24) is 85.2 Å². The summed E-state index contributed by atoms with van der Waals surface area (Å²) in [6, 6.07) is 79.9. The Morgan fingerprint density at radius 3 is 1.16 bits per heavy atom. The van der Waals surface area contributed by atoms with Crippen LogP contribution in [0.2, 0.25) is 0 Å². The van der Waals surface area contributed by atoms with Crippen molar-refractivity contribution in [2.75, 3.05) is 14.2 Å². The first-order chi connectivity index (χ1) is 57.7. The lowest BCUT2D eigenvalue weighted by Gasteiger charge is -2.08. The molecule has 9 aromatic heterocycles. The SMILES string of the molecule is CC(C)N.CC(C)NCc1cccc2[nH]c(-c3n[nH]c4ccc(-c5cncc6ccccc56)cc34)nc12.COc1ccc(Cn2nc(-c3nc4c(CNC(C)C)cccc4[nH]3)c3cc(-c4cncc5ccccc45)ccc32)cc1.COc1ccc(Cn2nc(-c3nc4c(CO)cccc4[nH]3)c3cc(-c4cncc5ccccc45)ccc32)cc1. The molecule has 0 unspecified atom stereocenters. The number of aliphatic hydroxyl groups excluding tert-OH is 1. The molecule has 0 bridgehead atoms. The Hall–Kier alpha value is -14.1. The van der Waals surface area contributed by atoms with E-state index >= 15 is 0 Å².